The van der Waals surface area contributed by atoms with E-state index in [1.807, 2.05) is 0 Å². The molecule has 0 aliphatic carbocycles. The number of hydrogen-bond acceptors (Lipinski definition) is 4. The second kappa shape index (κ2) is 8.57. The van der Waals surface area contributed by atoms with Crippen molar-refractivity contribution in [3.05, 3.63) is 77.4 Å². The third-order valence-corrected chi connectivity index (χ3v) is 6.86. The number of carbonyl (C=O) groups excluding carboxylic acids is 1. The molecule has 176 valence electrons. The van der Waals surface area contributed by atoms with Gasteiger partial charge in [0.1, 0.15) is 23.0 Å². The number of nitrogens with zero attached hydrogens (tertiary/aromatic N) is 1. The maximum absolute atomic E-state index is 14.0. The minimum atomic E-state index is -3.66. The molecule has 3 aromatic carbocycles. The SMILES string of the molecule is CNC(=O)c1c(-c2ccc(F)cc2)oc2cc(N(C)S(C)(=O)=O)c(-c3ccc(F)c(C)c3)cc12. The number of benzene rings is 3. The number of anilines is 1. The van der Waals surface area contributed by atoms with Crippen LogP contribution in [0.4, 0.5) is 14.5 Å². The Morgan fingerprint density at radius 3 is 2.24 bits per heavy atom. The first-order valence-electron chi connectivity index (χ1n) is 10.3. The molecule has 0 saturated heterocycles. The highest BCUT2D eigenvalue weighted by molar-refractivity contribution is 7.92. The van der Waals surface area contributed by atoms with Gasteiger partial charge in [-0.3, -0.25) is 9.10 Å². The summed E-state index contributed by atoms with van der Waals surface area (Å²) in [6.45, 7) is 1.61. The molecule has 0 aliphatic rings. The van der Waals surface area contributed by atoms with Crippen molar-refractivity contribution in [2.45, 2.75) is 6.92 Å². The van der Waals surface area contributed by atoms with Crippen LogP contribution in [-0.4, -0.2) is 34.7 Å². The molecule has 1 heterocycles. The van der Waals surface area contributed by atoms with E-state index in [0.717, 1.165) is 10.6 Å². The highest BCUT2D eigenvalue weighted by atomic mass is 32.2. The van der Waals surface area contributed by atoms with Crippen LogP contribution in [0.3, 0.4) is 0 Å². The van der Waals surface area contributed by atoms with E-state index in [0.29, 0.717) is 33.3 Å². The van der Waals surface area contributed by atoms with Gasteiger partial charge in [-0.1, -0.05) is 6.07 Å². The Hall–Kier alpha value is -3.72. The molecule has 6 nitrogen and oxygen atoms in total. The van der Waals surface area contributed by atoms with Crippen molar-refractivity contribution >= 4 is 32.6 Å². The Balaban J connectivity index is 2.09. The Morgan fingerprint density at radius 1 is 1.00 bits per heavy atom. The highest BCUT2D eigenvalue weighted by Gasteiger charge is 2.26. The van der Waals surface area contributed by atoms with Gasteiger partial charge in [-0.05, 0) is 60.5 Å². The number of amides is 1. The molecule has 0 unspecified atom stereocenters. The summed E-state index contributed by atoms with van der Waals surface area (Å²) in [6.07, 6.45) is 1.07. The normalized spacial score (nSPS) is 11.6. The van der Waals surface area contributed by atoms with Gasteiger partial charge in [-0.25, -0.2) is 17.2 Å². The van der Waals surface area contributed by atoms with E-state index < -0.39 is 27.6 Å². The molecule has 0 fully saturated rings. The lowest BCUT2D eigenvalue weighted by Gasteiger charge is -2.21. The number of fused-ring (bicyclic) bond motifs is 1. The van der Waals surface area contributed by atoms with Crippen LogP contribution in [0, 0.1) is 18.6 Å². The summed E-state index contributed by atoms with van der Waals surface area (Å²) in [5.41, 5.74) is 2.69. The Morgan fingerprint density at radius 2 is 1.65 bits per heavy atom. The minimum absolute atomic E-state index is 0.217. The van der Waals surface area contributed by atoms with Crippen molar-refractivity contribution in [1.82, 2.24) is 5.32 Å². The van der Waals surface area contributed by atoms with Gasteiger partial charge < -0.3 is 9.73 Å². The molecule has 4 rings (SSSR count). The molecule has 0 saturated carbocycles. The number of aryl methyl sites for hydroxylation is 1. The van der Waals surface area contributed by atoms with Crippen molar-refractivity contribution in [3.63, 3.8) is 0 Å². The van der Waals surface area contributed by atoms with E-state index in [1.54, 1.807) is 25.1 Å². The second-order valence-corrected chi connectivity index (χ2v) is 9.97. The Kier molecular flexibility index (Phi) is 5.91. The van der Waals surface area contributed by atoms with Gasteiger partial charge in [-0.2, -0.15) is 0 Å². The van der Waals surface area contributed by atoms with Crippen molar-refractivity contribution in [2.24, 2.45) is 0 Å². The monoisotopic (exact) mass is 484 g/mol. The largest absolute Gasteiger partial charge is 0.455 e. The van der Waals surface area contributed by atoms with Gasteiger partial charge in [0.05, 0.1) is 17.5 Å². The fourth-order valence-electron chi connectivity index (χ4n) is 3.77. The van der Waals surface area contributed by atoms with Gasteiger partial charge in [-0.15, -0.1) is 0 Å². The van der Waals surface area contributed by atoms with E-state index in [1.165, 1.54) is 50.5 Å². The third-order valence-electron chi connectivity index (χ3n) is 5.67. The van der Waals surface area contributed by atoms with E-state index in [2.05, 4.69) is 5.32 Å². The quantitative estimate of drug-likeness (QED) is 0.427. The summed E-state index contributed by atoms with van der Waals surface area (Å²) >= 11 is 0. The van der Waals surface area contributed by atoms with Gasteiger partial charge in [0.15, 0.2) is 0 Å². The van der Waals surface area contributed by atoms with Crippen LogP contribution in [0.25, 0.3) is 33.4 Å². The molecule has 0 atom stereocenters. The maximum atomic E-state index is 14.0. The summed E-state index contributed by atoms with van der Waals surface area (Å²) in [5.74, 6) is -1.04. The summed E-state index contributed by atoms with van der Waals surface area (Å²) < 4.78 is 59.3. The summed E-state index contributed by atoms with van der Waals surface area (Å²) in [7, 11) is -0.777. The van der Waals surface area contributed by atoms with Crippen LogP contribution < -0.4 is 9.62 Å². The first-order chi connectivity index (χ1) is 16.0. The second-order valence-electron chi connectivity index (χ2n) is 7.95. The van der Waals surface area contributed by atoms with Crippen molar-refractivity contribution in [3.8, 4) is 22.5 Å². The van der Waals surface area contributed by atoms with Crippen LogP contribution >= 0.6 is 0 Å². The first kappa shape index (κ1) is 23.4. The molecule has 0 aliphatic heterocycles. The fraction of sp³-hybridized carbons (Fsp3) is 0.160. The van der Waals surface area contributed by atoms with Crippen molar-refractivity contribution in [1.29, 1.82) is 0 Å². The van der Waals surface area contributed by atoms with E-state index >= 15 is 0 Å². The standard InChI is InChI=1S/C25H22F2N2O4S/c1-14-11-16(7-10-20(14)27)18-12-19-22(13-21(18)29(3)34(4,31)32)33-24(23(19)25(30)28-2)15-5-8-17(26)9-6-15/h5-13H,1-4H3,(H,28,30). The molecule has 0 spiro atoms. The smallest absolute Gasteiger partial charge is 0.255 e. The maximum Gasteiger partial charge on any atom is 0.255 e. The topological polar surface area (TPSA) is 79.6 Å². The number of nitrogens with one attached hydrogen (secondary N) is 1. The lowest BCUT2D eigenvalue weighted by atomic mass is 9.97. The van der Waals surface area contributed by atoms with Gasteiger partial charge in [0.2, 0.25) is 10.0 Å². The number of sulfonamides is 1. The number of carbonyl (C=O) groups is 1. The van der Waals surface area contributed by atoms with Gasteiger partial charge >= 0.3 is 0 Å². The molecule has 9 heteroatoms. The minimum Gasteiger partial charge on any atom is -0.455 e. The van der Waals surface area contributed by atoms with Crippen LogP contribution in [0.2, 0.25) is 0 Å². The van der Waals surface area contributed by atoms with Crippen LogP contribution in [0.15, 0.2) is 59.0 Å². The average Bonchev–Trinajstić information content (AvgIpc) is 3.17. The van der Waals surface area contributed by atoms with Gasteiger partial charge in [0, 0.05) is 36.7 Å². The Labute approximate surface area is 195 Å². The zero-order valence-corrected chi connectivity index (χ0v) is 19.8. The van der Waals surface area contributed by atoms with Gasteiger partial charge in [0.25, 0.3) is 5.91 Å². The van der Waals surface area contributed by atoms with Crippen LogP contribution in [0.5, 0.6) is 0 Å². The van der Waals surface area contributed by atoms with E-state index in [9.17, 15) is 22.0 Å². The predicted octanol–water partition coefficient (Wildman–Crippen LogP) is 5.11. The summed E-state index contributed by atoms with van der Waals surface area (Å²) in [6, 6.07) is 13.1. The molecule has 34 heavy (non-hydrogen) atoms. The fourth-order valence-corrected chi connectivity index (χ4v) is 4.28. The molecule has 0 bridgehead atoms. The van der Waals surface area contributed by atoms with E-state index in [-0.39, 0.29) is 16.9 Å². The number of halogens is 2. The zero-order chi connectivity index (χ0) is 24.8. The molecular weight excluding hydrogens is 462 g/mol. The van der Waals surface area contributed by atoms with Crippen molar-refractivity contribution < 1.29 is 26.4 Å². The molecule has 4 aromatic rings. The lowest BCUT2D eigenvalue weighted by Crippen LogP contribution is -2.25. The number of furan rings is 1. The summed E-state index contributed by atoms with van der Waals surface area (Å²) in [4.78, 5) is 12.9. The molecule has 0 radical (unpaired) electrons. The molecule has 1 aromatic heterocycles. The van der Waals surface area contributed by atoms with Crippen LogP contribution in [0.1, 0.15) is 15.9 Å². The average molecular weight is 485 g/mol. The Bertz CT molecular complexity index is 1530. The van der Waals surface area contributed by atoms with Crippen molar-refractivity contribution in [2.75, 3.05) is 24.7 Å². The third kappa shape index (κ3) is 4.14. The summed E-state index contributed by atoms with van der Waals surface area (Å²) in [5, 5.41) is 3.02. The molecule has 1 N–H and O–H groups in total. The number of rotatable bonds is 5. The zero-order valence-electron chi connectivity index (χ0n) is 18.9. The molecular formula is C25H22F2N2O4S. The molecule has 1 amide bonds. The lowest BCUT2D eigenvalue weighted by molar-refractivity contribution is 0.0964. The first-order valence-corrected chi connectivity index (χ1v) is 12.1. The van der Waals surface area contributed by atoms with E-state index in [4.69, 9.17) is 4.42 Å². The number of hydrogen-bond donors (Lipinski definition) is 1. The highest BCUT2D eigenvalue weighted by Crippen LogP contribution is 2.41. The predicted molar refractivity (Wildman–Crippen MR) is 128 cm³/mol. The van der Waals surface area contributed by atoms with Crippen LogP contribution in [-0.2, 0) is 10.0 Å².